The highest BCUT2D eigenvalue weighted by Crippen LogP contribution is 2.15. The average Bonchev–Trinajstić information content (AvgIpc) is 2.87. The van der Waals surface area contributed by atoms with E-state index in [0.717, 1.165) is 29.3 Å². The third kappa shape index (κ3) is 3.55. The molecule has 2 aromatic rings. The molecule has 18 heavy (non-hydrogen) atoms. The van der Waals surface area contributed by atoms with Crippen molar-refractivity contribution in [3.8, 4) is 5.75 Å². The smallest absolute Gasteiger partial charge is 0.119 e. The highest BCUT2D eigenvalue weighted by molar-refractivity contribution is 7.09. The summed E-state index contributed by atoms with van der Waals surface area (Å²) in [6.45, 7) is 2.76. The highest BCUT2D eigenvalue weighted by atomic mass is 32.1. The van der Waals surface area contributed by atoms with Gasteiger partial charge in [0.1, 0.15) is 5.75 Å². The first-order valence-electron chi connectivity index (χ1n) is 6.07. The van der Waals surface area contributed by atoms with Gasteiger partial charge >= 0.3 is 0 Å². The molecule has 0 aliphatic carbocycles. The van der Waals surface area contributed by atoms with Gasteiger partial charge in [0, 0.05) is 11.8 Å². The molecule has 1 aromatic carbocycles. The maximum absolute atomic E-state index is 8.92. The zero-order valence-corrected chi connectivity index (χ0v) is 11.2. The third-order valence-electron chi connectivity index (χ3n) is 2.65. The zero-order chi connectivity index (χ0) is 12.8. The number of aromatic nitrogens is 1. The number of nitrogens with zero attached hydrogens (tertiary/aromatic N) is 1. The first kappa shape index (κ1) is 13.1. The van der Waals surface area contributed by atoms with Crippen LogP contribution in [0.15, 0.2) is 29.6 Å². The van der Waals surface area contributed by atoms with Crippen molar-refractivity contribution < 1.29 is 9.84 Å². The fourth-order valence-corrected chi connectivity index (χ4v) is 2.42. The maximum atomic E-state index is 8.92. The first-order valence-corrected chi connectivity index (χ1v) is 6.95. The number of hydrogen-bond acceptors (Lipinski definition) is 4. The Bertz CT molecular complexity index is 496. The van der Waals surface area contributed by atoms with Gasteiger partial charge in [-0.25, -0.2) is 4.98 Å². The fourth-order valence-electron chi connectivity index (χ4n) is 1.65. The molecule has 0 unspecified atom stereocenters. The van der Waals surface area contributed by atoms with Crippen LogP contribution in [-0.4, -0.2) is 16.7 Å². The molecule has 4 heteroatoms. The molecule has 0 fully saturated rings. The average molecular weight is 263 g/mol. The summed E-state index contributed by atoms with van der Waals surface area (Å²) in [4.78, 5) is 4.28. The van der Waals surface area contributed by atoms with Crippen LogP contribution in [0.4, 0.5) is 0 Å². The Kier molecular flexibility index (Phi) is 4.73. The van der Waals surface area contributed by atoms with Crippen LogP contribution in [0.1, 0.15) is 23.2 Å². The zero-order valence-electron chi connectivity index (χ0n) is 10.4. The van der Waals surface area contributed by atoms with E-state index < -0.39 is 0 Å². The lowest BCUT2D eigenvalue weighted by Crippen LogP contribution is -2.01. The molecule has 0 saturated heterocycles. The van der Waals surface area contributed by atoms with E-state index in [0.29, 0.717) is 6.61 Å². The lowest BCUT2D eigenvalue weighted by molar-refractivity contribution is 0.277. The Morgan fingerprint density at radius 3 is 3.00 bits per heavy atom. The number of ether oxygens (including phenoxy) is 1. The predicted octanol–water partition coefficient (Wildman–Crippen LogP) is 2.82. The second-order valence-corrected chi connectivity index (χ2v) is 4.93. The monoisotopic (exact) mass is 263 g/mol. The molecule has 0 aliphatic heterocycles. The van der Waals surface area contributed by atoms with Crippen LogP contribution in [-0.2, 0) is 19.4 Å². The van der Waals surface area contributed by atoms with Gasteiger partial charge in [-0.1, -0.05) is 19.1 Å². The van der Waals surface area contributed by atoms with Crippen LogP contribution < -0.4 is 4.74 Å². The van der Waals surface area contributed by atoms with Crippen LogP contribution in [0, 0.1) is 0 Å². The van der Waals surface area contributed by atoms with Gasteiger partial charge in [0.05, 0.1) is 23.9 Å². The Hall–Kier alpha value is -1.39. The van der Waals surface area contributed by atoms with Crippen LogP contribution in [0.2, 0.25) is 0 Å². The molecule has 1 heterocycles. The van der Waals surface area contributed by atoms with E-state index in [1.54, 1.807) is 11.3 Å². The molecule has 3 nitrogen and oxygen atoms in total. The van der Waals surface area contributed by atoms with Crippen molar-refractivity contribution in [2.45, 2.75) is 26.4 Å². The van der Waals surface area contributed by atoms with E-state index in [9.17, 15) is 0 Å². The summed E-state index contributed by atoms with van der Waals surface area (Å²) in [6.07, 6.45) is 1.80. The molecule has 0 spiro atoms. The van der Waals surface area contributed by atoms with Crippen molar-refractivity contribution in [3.05, 3.63) is 45.9 Å². The van der Waals surface area contributed by atoms with Crippen LogP contribution in [0.25, 0.3) is 0 Å². The minimum absolute atomic E-state index is 0.00982. The molecular formula is C14H17NO2S. The predicted molar refractivity (Wildman–Crippen MR) is 73.1 cm³/mol. The fraction of sp³-hybridized carbons (Fsp3) is 0.357. The number of aliphatic hydroxyl groups is 1. The molecule has 0 radical (unpaired) electrons. The Morgan fingerprint density at radius 2 is 2.28 bits per heavy atom. The summed E-state index contributed by atoms with van der Waals surface area (Å²) in [5.74, 6) is 0.910. The number of thiazole rings is 1. The summed E-state index contributed by atoms with van der Waals surface area (Å²) in [7, 11) is 0. The number of aliphatic hydroxyl groups excluding tert-OH is 1. The van der Waals surface area contributed by atoms with E-state index in [1.165, 1.54) is 5.56 Å². The molecular weight excluding hydrogens is 246 g/mol. The van der Waals surface area contributed by atoms with Crippen molar-refractivity contribution >= 4 is 11.3 Å². The maximum Gasteiger partial charge on any atom is 0.119 e. The second kappa shape index (κ2) is 6.52. The minimum atomic E-state index is 0.00982. The van der Waals surface area contributed by atoms with Crippen molar-refractivity contribution in [3.63, 3.8) is 0 Å². The second-order valence-electron chi connectivity index (χ2n) is 3.99. The van der Waals surface area contributed by atoms with Gasteiger partial charge in [0.2, 0.25) is 0 Å². The molecule has 96 valence electrons. The van der Waals surface area contributed by atoms with Gasteiger partial charge in [-0.3, -0.25) is 0 Å². The number of hydrogen-bond donors (Lipinski definition) is 1. The summed E-state index contributed by atoms with van der Waals surface area (Å²) in [5, 5.41) is 11.8. The van der Waals surface area contributed by atoms with Crippen LogP contribution in [0.3, 0.4) is 0 Å². The van der Waals surface area contributed by atoms with Crippen molar-refractivity contribution in [2.75, 3.05) is 6.61 Å². The standard InChI is InChI=1S/C14H17NO2S/c1-2-11-4-3-5-13(8-11)17-7-6-14-15-12(9-16)10-18-14/h3-5,8,10,16H,2,6-7,9H2,1H3. The van der Waals surface area contributed by atoms with Gasteiger partial charge < -0.3 is 9.84 Å². The van der Waals surface area contributed by atoms with Gasteiger partial charge in [0.25, 0.3) is 0 Å². The van der Waals surface area contributed by atoms with E-state index in [2.05, 4.69) is 24.0 Å². The van der Waals surface area contributed by atoms with Crippen molar-refractivity contribution in [2.24, 2.45) is 0 Å². The number of aryl methyl sites for hydroxylation is 1. The summed E-state index contributed by atoms with van der Waals surface area (Å²) >= 11 is 1.57. The number of rotatable bonds is 6. The van der Waals surface area contributed by atoms with E-state index in [-0.39, 0.29) is 6.61 Å². The van der Waals surface area contributed by atoms with E-state index in [1.807, 2.05) is 17.5 Å². The lowest BCUT2D eigenvalue weighted by Gasteiger charge is -2.06. The summed E-state index contributed by atoms with van der Waals surface area (Å²) in [6, 6.07) is 8.16. The first-order chi connectivity index (χ1) is 8.81. The minimum Gasteiger partial charge on any atom is -0.493 e. The van der Waals surface area contributed by atoms with Crippen LogP contribution >= 0.6 is 11.3 Å². The summed E-state index contributed by atoms with van der Waals surface area (Å²) < 4.78 is 5.70. The SMILES string of the molecule is CCc1cccc(OCCc2nc(CO)cs2)c1. The molecule has 1 aromatic heterocycles. The summed E-state index contributed by atoms with van der Waals surface area (Å²) in [5.41, 5.74) is 2.02. The topological polar surface area (TPSA) is 42.4 Å². The van der Waals surface area contributed by atoms with Gasteiger partial charge in [0.15, 0.2) is 0 Å². The van der Waals surface area contributed by atoms with Crippen LogP contribution in [0.5, 0.6) is 5.75 Å². The lowest BCUT2D eigenvalue weighted by atomic mass is 10.2. The Balaban J connectivity index is 1.84. The van der Waals surface area contributed by atoms with Gasteiger partial charge in [-0.2, -0.15) is 0 Å². The molecule has 0 bridgehead atoms. The van der Waals surface area contributed by atoms with E-state index >= 15 is 0 Å². The molecule has 1 N–H and O–H groups in total. The molecule has 0 atom stereocenters. The van der Waals surface area contributed by atoms with E-state index in [4.69, 9.17) is 9.84 Å². The molecule has 0 aliphatic rings. The largest absolute Gasteiger partial charge is 0.493 e. The van der Waals surface area contributed by atoms with Gasteiger partial charge in [-0.05, 0) is 24.1 Å². The molecule has 0 saturated carbocycles. The molecule has 0 amide bonds. The highest BCUT2D eigenvalue weighted by Gasteiger charge is 2.02. The van der Waals surface area contributed by atoms with Crippen molar-refractivity contribution in [1.29, 1.82) is 0 Å². The molecule has 2 rings (SSSR count). The third-order valence-corrected chi connectivity index (χ3v) is 3.61. The Morgan fingerprint density at radius 1 is 1.39 bits per heavy atom. The van der Waals surface area contributed by atoms with Crippen molar-refractivity contribution in [1.82, 2.24) is 4.98 Å². The Labute approximate surface area is 111 Å². The number of benzene rings is 1. The quantitative estimate of drug-likeness (QED) is 0.871. The van der Waals surface area contributed by atoms with Gasteiger partial charge in [-0.15, -0.1) is 11.3 Å². The normalized spacial score (nSPS) is 10.6.